The van der Waals surface area contributed by atoms with Crippen LogP contribution in [0.5, 0.6) is 17.4 Å². The molecule has 2 aromatic carbocycles. The molecule has 0 atom stereocenters. The number of nitrogens with zero attached hydrogens (tertiary/aromatic N) is 2. The number of aromatic nitrogens is 2. The minimum absolute atomic E-state index is 0.229. The molecule has 29 heavy (non-hydrogen) atoms. The molecule has 1 aromatic heterocycles. The van der Waals surface area contributed by atoms with Crippen LogP contribution in [0.4, 0.5) is 4.39 Å². The smallest absolute Gasteiger partial charge is 0.344 e. The van der Waals surface area contributed by atoms with E-state index in [0.717, 1.165) is 5.56 Å². The van der Waals surface area contributed by atoms with Crippen molar-refractivity contribution in [2.45, 2.75) is 6.92 Å². The maximum Gasteiger partial charge on any atom is 0.344 e. The first-order valence-electron chi connectivity index (χ1n) is 8.92. The van der Waals surface area contributed by atoms with E-state index in [4.69, 9.17) is 18.9 Å². The van der Waals surface area contributed by atoms with E-state index in [0.29, 0.717) is 22.9 Å². The van der Waals surface area contributed by atoms with Gasteiger partial charge in [-0.25, -0.2) is 13.9 Å². The zero-order chi connectivity index (χ0) is 20.8. The van der Waals surface area contributed by atoms with E-state index < -0.39 is 5.97 Å². The van der Waals surface area contributed by atoms with Gasteiger partial charge >= 0.3 is 5.97 Å². The third-order valence-corrected chi connectivity index (χ3v) is 4.08. The first kappa shape index (κ1) is 20.2. The van der Waals surface area contributed by atoms with Crippen molar-refractivity contribution in [3.8, 4) is 34.3 Å². The second-order valence-electron chi connectivity index (χ2n) is 5.92. The van der Waals surface area contributed by atoms with E-state index in [1.54, 1.807) is 56.2 Å². The Morgan fingerprint density at radius 1 is 1.03 bits per heavy atom. The second kappa shape index (κ2) is 9.09. The summed E-state index contributed by atoms with van der Waals surface area (Å²) in [5.41, 5.74) is 2.06. The van der Waals surface area contributed by atoms with Gasteiger partial charge in [-0.2, -0.15) is 0 Å². The van der Waals surface area contributed by atoms with Gasteiger partial charge in [-0.1, -0.05) is 0 Å². The highest BCUT2D eigenvalue weighted by atomic mass is 19.1. The van der Waals surface area contributed by atoms with E-state index in [1.807, 2.05) is 6.07 Å². The van der Waals surface area contributed by atoms with Crippen molar-refractivity contribution in [1.82, 2.24) is 9.78 Å². The lowest BCUT2D eigenvalue weighted by atomic mass is 10.1. The first-order valence-corrected chi connectivity index (χ1v) is 8.92. The molecule has 0 saturated carbocycles. The third kappa shape index (κ3) is 4.66. The van der Waals surface area contributed by atoms with Crippen LogP contribution < -0.4 is 14.2 Å². The number of esters is 1. The number of carbonyl (C=O) groups is 1. The molecule has 0 fully saturated rings. The molecule has 3 aromatic rings. The van der Waals surface area contributed by atoms with Gasteiger partial charge in [0, 0.05) is 11.6 Å². The Morgan fingerprint density at radius 3 is 2.41 bits per heavy atom. The van der Waals surface area contributed by atoms with Crippen LogP contribution in [0.1, 0.15) is 6.92 Å². The summed E-state index contributed by atoms with van der Waals surface area (Å²) in [6.45, 7) is 1.72. The minimum atomic E-state index is -0.489. The van der Waals surface area contributed by atoms with Crippen LogP contribution in [-0.2, 0) is 9.53 Å². The highest BCUT2D eigenvalue weighted by Crippen LogP contribution is 2.34. The molecule has 0 amide bonds. The Hall–Kier alpha value is -3.55. The van der Waals surface area contributed by atoms with Crippen molar-refractivity contribution >= 4 is 5.97 Å². The summed E-state index contributed by atoms with van der Waals surface area (Å²) in [7, 11) is 3.11. The monoisotopic (exact) mass is 400 g/mol. The van der Waals surface area contributed by atoms with Crippen LogP contribution in [0.15, 0.2) is 48.5 Å². The maximum absolute atomic E-state index is 13.4. The molecule has 0 N–H and O–H groups in total. The van der Waals surface area contributed by atoms with Gasteiger partial charge in [0.05, 0.1) is 32.2 Å². The van der Waals surface area contributed by atoms with Gasteiger partial charge in [-0.05, 0) is 49.4 Å². The summed E-state index contributed by atoms with van der Waals surface area (Å²) < 4.78 is 36.0. The van der Waals surface area contributed by atoms with Crippen molar-refractivity contribution in [2.24, 2.45) is 0 Å². The minimum Gasteiger partial charge on any atom is -0.493 e. The summed E-state index contributed by atoms with van der Waals surface area (Å²) in [5.74, 6) is 0.518. The summed E-state index contributed by atoms with van der Waals surface area (Å²) in [6, 6.07) is 13.0. The normalized spacial score (nSPS) is 10.5. The van der Waals surface area contributed by atoms with Crippen LogP contribution in [0, 0.1) is 5.82 Å². The van der Waals surface area contributed by atoms with Crippen molar-refractivity contribution in [2.75, 3.05) is 27.4 Å². The number of hydrogen-bond donors (Lipinski definition) is 0. The average molecular weight is 400 g/mol. The fraction of sp³-hybridized carbons (Fsp3) is 0.238. The van der Waals surface area contributed by atoms with Gasteiger partial charge in [0.15, 0.2) is 18.1 Å². The van der Waals surface area contributed by atoms with E-state index in [-0.39, 0.29) is 24.9 Å². The molecule has 0 aliphatic carbocycles. The van der Waals surface area contributed by atoms with Crippen LogP contribution >= 0.6 is 0 Å². The number of hydrogen-bond acceptors (Lipinski definition) is 6. The molecule has 0 radical (unpaired) electrons. The van der Waals surface area contributed by atoms with Gasteiger partial charge in [0.1, 0.15) is 5.82 Å². The Morgan fingerprint density at radius 2 is 1.76 bits per heavy atom. The molecule has 152 valence electrons. The summed E-state index contributed by atoms with van der Waals surface area (Å²) >= 11 is 0. The topological polar surface area (TPSA) is 71.8 Å². The van der Waals surface area contributed by atoms with Crippen LogP contribution in [-0.4, -0.2) is 43.2 Å². The lowest BCUT2D eigenvalue weighted by Crippen LogP contribution is -2.14. The predicted octanol–water partition coefficient (Wildman–Crippen LogP) is 3.64. The van der Waals surface area contributed by atoms with Crippen molar-refractivity contribution < 1.29 is 28.1 Å². The van der Waals surface area contributed by atoms with Gasteiger partial charge in [-0.3, -0.25) is 0 Å². The van der Waals surface area contributed by atoms with Gasteiger partial charge < -0.3 is 18.9 Å². The molecule has 0 saturated heterocycles. The molecular weight excluding hydrogens is 379 g/mol. The molecule has 7 nitrogen and oxygen atoms in total. The Balaban J connectivity index is 2.01. The summed E-state index contributed by atoms with van der Waals surface area (Å²) in [4.78, 5) is 11.6. The summed E-state index contributed by atoms with van der Waals surface area (Å²) in [6.07, 6.45) is 0. The Labute approximate surface area is 167 Å². The zero-order valence-corrected chi connectivity index (χ0v) is 16.3. The lowest BCUT2D eigenvalue weighted by Gasteiger charge is -2.11. The highest BCUT2D eigenvalue weighted by Gasteiger charge is 2.16. The molecule has 0 unspecified atom stereocenters. The molecule has 8 heteroatoms. The number of rotatable bonds is 8. The first-order chi connectivity index (χ1) is 14.0. The maximum atomic E-state index is 13.4. The molecular formula is C21H21FN2O5. The fourth-order valence-electron chi connectivity index (χ4n) is 2.75. The van der Waals surface area contributed by atoms with E-state index >= 15 is 0 Å². The Kier molecular flexibility index (Phi) is 6.33. The SMILES string of the molecule is CCOC(=O)COc1cc(-c2ccc(OC)c(OC)c2)n(-c2ccc(F)cc2)n1. The van der Waals surface area contributed by atoms with E-state index in [9.17, 15) is 9.18 Å². The van der Waals surface area contributed by atoms with E-state index in [1.165, 1.54) is 12.1 Å². The molecule has 0 aliphatic heterocycles. The van der Waals surface area contributed by atoms with Crippen LogP contribution in [0.25, 0.3) is 16.9 Å². The number of methoxy groups -OCH3 is 2. The van der Waals surface area contributed by atoms with E-state index in [2.05, 4.69) is 5.10 Å². The predicted molar refractivity (Wildman–Crippen MR) is 104 cm³/mol. The highest BCUT2D eigenvalue weighted by molar-refractivity contribution is 5.71. The van der Waals surface area contributed by atoms with Crippen molar-refractivity contribution in [3.63, 3.8) is 0 Å². The average Bonchev–Trinajstić information content (AvgIpc) is 3.17. The standard InChI is InChI=1S/C21H21FN2O5/c1-4-28-21(25)13-29-20-12-17(14-5-10-18(26-2)19(11-14)27-3)24(23-20)16-8-6-15(22)7-9-16/h5-12H,4,13H2,1-3H3. The quantitative estimate of drug-likeness (QED) is 0.538. The lowest BCUT2D eigenvalue weighted by molar-refractivity contribution is -0.145. The largest absolute Gasteiger partial charge is 0.493 e. The molecule has 0 spiro atoms. The zero-order valence-electron chi connectivity index (χ0n) is 16.3. The number of halogens is 1. The van der Waals surface area contributed by atoms with Crippen LogP contribution in [0.3, 0.4) is 0 Å². The summed E-state index contributed by atoms with van der Waals surface area (Å²) in [5, 5.41) is 4.41. The van der Waals surface area contributed by atoms with Crippen LogP contribution in [0.2, 0.25) is 0 Å². The molecule has 1 heterocycles. The second-order valence-corrected chi connectivity index (χ2v) is 5.92. The van der Waals surface area contributed by atoms with Gasteiger partial charge in [0.25, 0.3) is 0 Å². The van der Waals surface area contributed by atoms with Crippen molar-refractivity contribution in [3.05, 3.63) is 54.3 Å². The number of benzene rings is 2. The fourth-order valence-corrected chi connectivity index (χ4v) is 2.75. The molecule has 0 bridgehead atoms. The molecule has 0 aliphatic rings. The number of ether oxygens (including phenoxy) is 4. The van der Waals surface area contributed by atoms with Crippen molar-refractivity contribution in [1.29, 1.82) is 0 Å². The Bertz CT molecular complexity index is 985. The number of carbonyl (C=O) groups excluding carboxylic acids is 1. The van der Waals surface area contributed by atoms with Gasteiger partial charge in [0.2, 0.25) is 5.88 Å². The third-order valence-electron chi connectivity index (χ3n) is 4.08. The van der Waals surface area contributed by atoms with Gasteiger partial charge in [-0.15, -0.1) is 5.10 Å². The molecule has 3 rings (SSSR count).